The second-order valence-electron chi connectivity index (χ2n) is 6.17. The molecule has 0 aromatic rings. The van der Waals surface area contributed by atoms with Gasteiger partial charge in [0.1, 0.15) is 0 Å². The summed E-state index contributed by atoms with van der Waals surface area (Å²) in [5, 5.41) is 3.77. The van der Waals surface area contributed by atoms with Crippen molar-refractivity contribution in [1.82, 2.24) is 5.32 Å². The lowest BCUT2D eigenvalue weighted by Gasteiger charge is -2.29. The van der Waals surface area contributed by atoms with E-state index in [0.29, 0.717) is 5.54 Å². The Morgan fingerprint density at radius 3 is 2.35 bits per heavy atom. The molecule has 1 rings (SSSR count). The molecule has 1 fully saturated rings. The Balaban J connectivity index is 2.00. The van der Waals surface area contributed by atoms with Crippen LogP contribution >= 0.6 is 0 Å². The molecule has 1 heteroatoms. The van der Waals surface area contributed by atoms with E-state index in [1.54, 1.807) is 0 Å². The van der Waals surface area contributed by atoms with Crippen LogP contribution in [0, 0.1) is 0 Å². The highest BCUT2D eigenvalue weighted by Crippen LogP contribution is 2.24. The molecule has 1 nitrogen and oxygen atoms in total. The van der Waals surface area contributed by atoms with E-state index in [4.69, 9.17) is 0 Å². The number of hydrogen-bond acceptors (Lipinski definition) is 1. The van der Waals surface area contributed by atoms with Crippen LogP contribution in [0.25, 0.3) is 0 Å². The summed E-state index contributed by atoms with van der Waals surface area (Å²) in [4.78, 5) is 0. The van der Waals surface area contributed by atoms with Gasteiger partial charge in [-0.05, 0) is 32.7 Å². The van der Waals surface area contributed by atoms with Gasteiger partial charge in [-0.2, -0.15) is 0 Å². The number of unbranched alkanes of at least 4 members (excludes halogenated alkanes) is 6. The molecule has 17 heavy (non-hydrogen) atoms. The molecule has 0 amide bonds. The van der Waals surface area contributed by atoms with Gasteiger partial charge in [-0.25, -0.2) is 0 Å². The Morgan fingerprint density at radius 2 is 1.59 bits per heavy atom. The third kappa shape index (κ3) is 7.08. The summed E-state index contributed by atoms with van der Waals surface area (Å²) in [5.41, 5.74) is 0.458. The first-order valence-electron chi connectivity index (χ1n) is 8.02. The molecule has 1 saturated heterocycles. The standard InChI is InChI=1S/C16H33N/c1-3-4-5-6-7-8-10-13-16(2)14-11-9-12-15-17-16/h17H,3-15H2,1-2H3. The highest BCUT2D eigenvalue weighted by Gasteiger charge is 2.23. The van der Waals surface area contributed by atoms with Crippen molar-refractivity contribution in [3.63, 3.8) is 0 Å². The van der Waals surface area contributed by atoms with Crippen molar-refractivity contribution >= 4 is 0 Å². The highest BCUT2D eigenvalue weighted by molar-refractivity contribution is 4.84. The molecule has 1 aliphatic rings. The SMILES string of the molecule is CCCCCCCCCC1(C)CCCCCN1. The van der Waals surface area contributed by atoms with Gasteiger partial charge in [-0.1, -0.05) is 64.7 Å². The van der Waals surface area contributed by atoms with Gasteiger partial charge in [0.2, 0.25) is 0 Å². The molecule has 0 spiro atoms. The molecular weight excluding hydrogens is 206 g/mol. The van der Waals surface area contributed by atoms with Gasteiger partial charge in [0, 0.05) is 5.54 Å². The van der Waals surface area contributed by atoms with Crippen LogP contribution < -0.4 is 5.32 Å². The van der Waals surface area contributed by atoms with Crippen LogP contribution in [0.4, 0.5) is 0 Å². The second kappa shape index (κ2) is 8.97. The first-order chi connectivity index (χ1) is 8.27. The van der Waals surface area contributed by atoms with Crippen LogP contribution in [0.15, 0.2) is 0 Å². The predicted molar refractivity (Wildman–Crippen MR) is 77.5 cm³/mol. The van der Waals surface area contributed by atoms with E-state index in [1.807, 2.05) is 0 Å². The topological polar surface area (TPSA) is 12.0 Å². The molecule has 0 aromatic carbocycles. The van der Waals surface area contributed by atoms with Crippen molar-refractivity contribution in [2.75, 3.05) is 6.54 Å². The van der Waals surface area contributed by atoms with Crippen LogP contribution in [0.1, 0.15) is 90.9 Å². The van der Waals surface area contributed by atoms with Crippen molar-refractivity contribution in [2.45, 2.75) is 96.4 Å². The van der Waals surface area contributed by atoms with Gasteiger partial charge in [0.25, 0.3) is 0 Å². The molecule has 0 bridgehead atoms. The zero-order valence-corrected chi connectivity index (χ0v) is 12.2. The second-order valence-corrected chi connectivity index (χ2v) is 6.17. The summed E-state index contributed by atoms with van der Waals surface area (Å²) in [6, 6.07) is 0. The van der Waals surface area contributed by atoms with Gasteiger partial charge in [-0.3, -0.25) is 0 Å². The summed E-state index contributed by atoms with van der Waals surface area (Å²) in [5.74, 6) is 0. The zero-order valence-electron chi connectivity index (χ0n) is 12.2. The Hall–Kier alpha value is -0.0400. The maximum atomic E-state index is 3.77. The third-order valence-electron chi connectivity index (χ3n) is 4.29. The minimum atomic E-state index is 0.458. The Bertz CT molecular complexity index is 168. The van der Waals surface area contributed by atoms with Gasteiger partial charge in [0.05, 0.1) is 0 Å². The maximum Gasteiger partial charge on any atom is 0.0153 e. The van der Waals surface area contributed by atoms with Crippen molar-refractivity contribution in [1.29, 1.82) is 0 Å². The van der Waals surface area contributed by atoms with Gasteiger partial charge < -0.3 is 5.32 Å². The molecule has 1 aliphatic heterocycles. The fraction of sp³-hybridized carbons (Fsp3) is 1.00. The molecule has 1 atom stereocenters. The number of nitrogens with one attached hydrogen (secondary N) is 1. The summed E-state index contributed by atoms with van der Waals surface area (Å²) >= 11 is 0. The molecule has 102 valence electrons. The summed E-state index contributed by atoms with van der Waals surface area (Å²) in [6.45, 7) is 5.97. The summed E-state index contributed by atoms with van der Waals surface area (Å²) < 4.78 is 0. The summed E-state index contributed by atoms with van der Waals surface area (Å²) in [6.07, 6.45) is 17.0. The fourth-order valence-corrected chi connectivity index (χ4v) is 2.98. The molecule has 1 heterocycles. The fourth-order valence-electron chi connectivity index (χ4n) is 2.98. The van der Waals surface area contributed by atoms with Crippen molar-refractivity contribution in [3.05, 3.63) is 0 Å². The monoisotopic (exact) mass is 239 g/mol. The molecule has 1 unspecified atom stereocenters. The van der Waals surface area contributed by atoms with Crippen LogP contribution in [-0.4, -0.2) is 12.1 Å². The summed E-state index contributed by atoms with van der Waals surface area (Å²) in [7, 11) is 0. The smallest absolute Gasteiger partial charge is 0.0153 e. The lowest BCUT2D eigenvalue weighted by molar-refractivity contribution is 0.311. The van der Waals surface area contributed by atoms with Crippen LogP contribution in [0.2, 0.25) is 0 Å². The van der Waals surface area contributed by atoms with E-state index in [9.17, 15) is 0 Å². The van der Waals surface area contributed by atoms with E-state index in [-0.39, 0.29) is 0 Å². The van der Waals surface area contributed by atoms with E-state index in [2.05, 4.69) is 19.2 Å². The first-order valence-corrected chi connectivity index (χ1v) is 8.02. The van der Waals surface area contributed by atoms with Gasteiger partial charge in [0.15, 0.2) is 0 Å². The van der Waals surface area contributed by atoms with Crippen LogP contribution in [0.5, 0.6) is 0 Å². The van der Waals surface area contributed by atoms with Crippen molar-refractivity contribution < 1.29 is 0 Å². The van der Waals surface area contributed by atoms with E-state index < -0.39 is 0 Å². The largest absolute Gasteiger partial charge is 0.312 e. The Morgan fingerprint density at radius 1 is 0.882 bits per heavy atom. The van der Waals surface area contributed by atoms with Crippen molar-refractivity contribution in [2.24, 2.45) is 0 Å². The average molecular weight is 239 g/mol. The molecule has 0 aliphatic carbocycles. The first kappa shape index (κ1) is 15.0. The van der Waals surface area contributed by atoms with Gasteiger partial charge in [-0.15, -0.1) is 0 Å². The van der Waals surface area contributed by atoms with Crippen LogP contribution in [0.3, 0.4) is 0 Å². The molecule has 1 N–H and O–H groups in total. The Labute approximate surface area is 109 Å². The molecule has 0 aromatic heterocycles. The van der Waals surface area contributed by atoms with E-state index in [0.717, 1.165) is 0 Å². The maximum absolute atomic E-state index is 3.77. The minimum Gasteiger partial charge on any atom is -0.312 e. The lowest BCUT2D eigenvalue weighted by atomic mass is 9.89. The van der Waals surface area contributed by atoms with E-state index >= 15 is 0 Å². The van der Waals surface area contributed by atoms with E-state index in [1.165, 1.54) is 83.6 Å². The van der Waals surface area contributed by atoms with Crippen LogP contribution in [-0.2, 0) is 0 Å². The number of rotatable bonds is 8. The van der Waals surface area contributed by atoms with Gasteiger partial charge >= 0.3 is 0 Å². The minimum absolute atomic E-state index is 0.458. The molecule has 0 saturated carbocycles. The molecule has 0 radical (unpaired) electrons. The quantitative estimate of drug-likeness (QED) is 0.584. The normalized spacial score (nSPS) is 25.8. The van der Waals surface area contributed by atoms with Crippen molar-refractivity contribution in [3.8, 4) is 0 Å². The number of hydrogen-bond donors (Lipinski definition) is 1. The molecular formula is C16H33N. The Kier molecular flexibility index (Phi) is 7.92. The lowest BCUT2D eigenvalue weighted by Crippen LogP contribution is -2.41. The average Bonchev–Trinajstić information content (AvgIpc) is 2.53. The highest BCUT2D eigenvalue weighted by atomic mass is 15.0. The third-order valence-corrected chi connectivity index (χ3v) is 4.29. The predicted octanol–water partition coefficient (Wildman–Crippen LogP) is 5.05. The zero-order chi connectivity index (χ0) is 12.4.